The summed E-state index contributed by atoms with van der Waals surface area (Å²) >= 11 is 0. The lowest BCUT2D eigenvalue weighted by Crippen LogP contribution is -2.31. The lowest BCUT2D eigenvalue weighted by Gasteiger charge is -2.09. The molecule has 1 heterocycles. The lowest BCUT2D eigenvalue weighted by molar-refractivity contribution is -0.140. The van der Waals surface area contributed by atoms with E-state index in [1.165, 1.54) is 0 Å². The van der Waals surface area contributed by atoms with Crippen molar-refractivity contribution in [1.29, 1.82) is 0 Å². The van der Waals surface area contributed by atoms with Crippen molar-refractivity contribution in [2.45, 2.75) is 20.1 Å². The number of fused-ring (bicyclic) bond motifs is 1. The topological polar surface area (TPSA) is 75.6 Å². The molecular weight excluding hydrogens is 234 g/mol. The lowest BCUT2D eigenvalue weighted by atomic mass is 10.1. The summed E-state index contributed by atoms with van der Waals surface area (Å²) < 4.78 is 5.27. The number of ether oxygens (including phenoxy) is 1. The minimum atomic E-state index is -0.919. The zero-order chi connectivity index (χ0) is 13.1. The van der Waals surface area contributed by atoms with Crippen molar-refractivity contribution in [2.75, 3.05) is 6.54 Å². The van der Waals surface area contributed by atoms with Crippen molar-refractivity contribution >= 4 is 11.9 Å². The third-order valence-electron chi connectivity index (χ3n) is 2.97. The largest absolute Gasteiger partial charge is 0.481 e. The van der Waals surface area contributed by atoms with Crippen molar-refractivity contribution in [2.24, 2.45) is 5.92 Å². The molecule has 1 amide bonds. The van der Waals surface area contributed by atoms with Gasteiger partial charge in [-0.25, -0.2) is 0 Å². The van der Waals surface area contributed by atoms with Gasteiger partial charge in [0.15, 0.2) is 0 Å². The standard InChI is InChI=1S/C13H15NO4/c1-8(13(16)17)5-14-12(15)9-2-3-10-6-18-7-11(10)4-9/h2-4,8H,5-7H2,1H3,(H,14,15)(H,16,17). The van der Waals surface area contributed by atoms with Gasteiger partial charge in [-0.15, -0.1) is 0 Å². The van der Waals surface area contributed by atoms with E-state index in [2.05, 4.69) is 5.32 Å². The van der Waals surface area contributed by atoms with Crippen molar-refractivity contribution in [3.8, 4) is 0 Å². The summed E-state index contributed by atoms with van der Waals surface area (Å²) in [4.78, 5) is 22.5. The van der Waals surface area contributed by atoms with Gasteiger partial charge >= 0.3 is 5.97 Å². The SMILES string of the molecule is CC(CNC(=O)c1ccc2c(c1)COC2)C(=O)O. The molecule has 5 nitrogen and oxygen atoms in total. The third kappa shape index (κ3) is 2.68. The Morgan fingerprint density at radius 1 is 1.39 bits per heavy atom. The molecule has 0 saturated carbocycles. The van der Waals surface area contributed by atoms with E-state index in [4.69, 9.17) is 9.84 Å². The second-order valence-electron chi connectivity index (χ2n) is 4.43. The van der Waals surface area contributed by atoms with E-state index >= 15 is 0 Å². The summed E-state index contributed by atoms with van der Waals surface area (Å²) in [5.74, 6) is -1.76. The quantitative estimate of drug-likeness (QED) is 0.839. The number of carboxylic acid groups (broad SMARTS) is 1. The summed E-state index contributed by atoms with van der Waals surface area (Å²) in [6.45, 7) is 2.80. The molecule has 0 saturated heterocycles. The highest BCUT2D eigenvalue weighted by Gasteiger charge is 2.16. The third-order valence-corrected chi connectivity index (χ3v) is 2.97. The first-order valence-corrected chi connectivity index (χ1v) is 5.78. The van der Waals surface area contributed by atoms with Gasteiger partial charge in [-0.3, -0.25) is 9.59 Å². The van der Waals surface area contributed by atoms with Crippen LogP contribution in [-0.4, -0.2) is 23.5 Å². The van der Waals surface area contributed by atoms with Crippen LogP contribution in [0.15, 0.2) is 18.2 Å². The molecule has 1 aliphatic rings. The van der Waals surface area contributed by atoms with Gasteiger partial charge in [0, 0.05) is 12.1 Å². The molecule has 96 valence electrons. The molecule has 0 spiro atoms. The number of carboxylic acids is 1. The summed E-state index contributed by atoms with van der Waals surface area (Å²) in [5, 5.41) is 11.3. The van der Waals surface area contributed by atoms with Crippen LogP contribution >= 0.6 is 0 Å². The molecule has 0 aliphatic carbocycles. The Balaban J connectivity index is 1.99. The van der Waals surface area contributed by atoms with Gasteiger partial charge in [0.05, 0.1) is 19.1 Å². The molecule has 0 aromatic heterocycles. The Kier molecular flexibility index (Phi) is 3.62. The van der Waals surface area contributed by atoms with E-state index in [1.807, 2.05) is 6.07 Å². The number of amides is 1. The maximum atomic E-state index is 11.8. The van der Waals surface area contributed by atoms with Crippen LogP contribution in [0.25, 0.3) is 0 Å². The van der Waals surface area contributed by atoms with Crippen LogP contribution in [0, 0.1) is 5.92 Å². The Morgan fingerprint density at radius 3 is 2.83 bits per heavy atom. The fourth-order valence-corrected chi connectivity index (χ4v) is 1.75. The Labute approximate surface area is 105 Å². The fraction of sp³-hybridized carbons (Fsp3) is 0.385. The highest BCUT2D eigenvalue weighted by atomic mass is 16.5. The minimum absolute atomic E-state index is 0.127. The molecule has 1 aromatic rings. The van der Waals surface area contributed by atoms with Crippen LogP contribution < -0.4 is 5.32 Å². The van der Waals surface area contributed by atoms with Crippen LogP contribution in [0.4, 0.5) is 0 Å². The van der Waals surface area contributed by atoms with E-state index in [1.54, 1.807) is 19.1 Å². The molecule has 1 unspecified atom stereocenters. The highest BCUT2D eigenvalue weighted by molar-refractivity contribution is 5.94. The number of hydrogen-bond donors (Lipinski definition) is 2. The first kappa shape index (κ1) is 12.6. The van der Waals surface area contributed by atoms with E-state index in [0.29, 0.717) is 18.8 Å². The summed E-state index contributed by atoms with van der Waals surface area (Å²) in [6, 6.07) is 5.40. The predicted molar refractivity (Wildman–Crippen MR) is 64.1 cm³/mol. The van der Waals surface area contributed by atoms with Crippen molar-refractivity contribution in [3.05, 3.63) is 34.9 Å². The van der Waals surface area contributed by atoms with Gasteiger partial charge in [0.1, 0.15) is 0 Å². The number of aliphatic carboxylic acids is 1. The number of carbonyl (C=O) groups is 2. The van der Waals surface area contributed by atoms with Gasteiger partial charge in [-0.05, 0) is 23.3 Å². The monoisotopic (exact) mass is 249 g/mol. The maximum Gasteiger partial charge on any atom is 0.308 e. The van der Waals surface area contributed by atoms with Gasteiger partial charge in [0.25, 0.3) is 5.91 Å². The zero-order valence-electron chi connectivity index (χ0n) is 10.1. The van der Waals surface area contributed by atoms with Gasteiger partial charge < -0.3 is 15.2 Å². The number of nitrogens with one attached hydrogen (secondary N) is 1. The molecule has 5 heteroatoms. The average Bonchev–Trinajstić information content (AvgIpc) is 2.82. The van der Waals surface area contributed by atoms with Gasteiger partial charge in [-0.2, -0.15) is 0 Å². The summed E-state index contributed by atoms with van der Waals surface area (Å²) in [6.07, 6.45) is 0. The van der Waals surface area contributed by atoms with Crippen LogP contribution in [-0.2, 0) is 22.7 Å². The van der Waals surface area contributed by atoms with E-state index in [-0.39, 0.29) is 12.5 Å². The molecule has 1 aliphatic heterocycles. The Bertz CT molecular complexity index is 484. The second kappa shape index (κ2) is 5.18. The molecule has 1 atom stereocenters. The van der Waals surface area contributed by atoms with Crippen LogP contribution in [0.5, 0.6) is 0 Å². The van der Waals surface area contributed by atoms with Crippen molar-refractivity contribution in [1.82, 2.24) is 5.32 Å². The zero-order valence-corrected chi connectivity index (χ0v) is 10.1. The molecule has 0 fully saturated rings. The molecule has 18 heavy (non-hydrogen) atoms. The van der Waals surface area contributed by atoms with Crippen molar-refractivity contribution < 1.29 is 19.4 Å². The molecule has 2 N–H and O–H groups in total. The van der Waals surface area contributed by atoms with Crippen LogP contribution in [0.2, 0.25) is 0 Å². The number of carbonyl (C=O) groups excluding carboxylic acids is 1. The average molecular weight is 249 g/mol. The summed E-state index contributed by atoms with van der Waals surface area (Å²) in [5.41, 5.74) is 2.66. The minimum Gasteiger partial charge on any atom is -0.481 e. The molecule has 0 radical (unpaired) electrons. The molecule has 0 bridgehead atoms. The number of hydrogen-bond acceptors (Lipinski definition) is 3. The van der Waals surface area contributed by atoms with E-state index < -0.39 is 11.9 Å². The van der Waals surface area contributed by atoms with Crippen LogP contribution in [0.1, 0.15) is 28.4 Å². The second-order valence-corrected chi connectivity index (χ2v) is 4.43. The van der Waals surface area contributed by atoms with Crippen LogP contribution in [0.3, 0.4) is 0 Å². The fourth-order valence-electron chi connectivity index (χ4n) is 1.75. The smallest absolute Gasteiger partial charge is 0.308 e. The van der Waals surface area contributed by atoms with Crippen molar-refractivity contribution in [3.63, 3.8) is 0 Å². The number of rotatable bonds is 4. The van der Waals surface area contributed by atoms with E-state index in [0.717, 1.165) is 11.1 Å². The molecular formula is C13H15NO4. The first-order valence-electron chi connectivity index (χ1n) is 5.78. The Hall–Kier alpha value is -1.88. The Morgan fingerprint density at radius 2 is 2.11 bits per heavy atom. The normalized spacial score (nSPS) is 14.9. The maximum absolute atomic E-state index is 11.8. The predicted octanol–water partition coefficient (Wildman–Crippen LogP) is 1.17. The molecule has 1 aromatic carbocycles. The highest BCUT2D eigenvalue weighted by Crippen LogP contribution is 2.20. The summed E-state index contributed by atoms with van der Waals surface area (Å²) in [7, 11) is 0. The van der Waals surface area contributed by atoms with Gasteiger partial charge in [0.2, 0.25) is 0 Å². The molecule has 2 rings (SSSR count). The first-order chi connectivity index (χ1) is 8.58. The number of benzene rings is 1. The van der Waals surface area contributed by atoms with Gasteiger partial charge in [-0.1, -0.05) is 13.0 Å². The van der Waals surface area contributed by atoms with E-state index in [9.17, 15) is 9.59 Å².